The Morgan fingerprint density at radius 2 is 1.73 bits per heavy atom. The van der Waals surface area contributed by atoms with E-state index < -0.39 is 0 Å². The molecular formula is C19H24N2O. The summed E-state index contributed by atoms with van der Waals surface area (Å²) in [4.78, 5) is 13.0. The maximum absolute atomic E-state index is 13.0. The molecule has 0 amide bonds. The Morgan fingerprint density at radius 3 is 2.27 bits per heavy atom. The van der Waals surface area contributed by atoms with Crippen molar-refractivity contribution in [3.8, 4) is 0 Å². The molecule has 116 valence electrons. The Balaban J connectivity index is 2.11. The summed E-state index contributed by atoms with van der Waals surface area (Å²) in [7, 11) is 0. The number of rotatable bonds is 3. The molecule has 1 aliphatic carbocycles. The first-order chi connectivity index (χ1) is 10.4. The van der Waals surface area contributed by atoms with E-state index in [1.54, 1.807) is 0 Å². The Morgan fingerprint density at radius 1 is 1.09 bits per heavy atom. The van der Waals surface area contributed by atoms with Crippen molar-refractivity contribution >= 4 is 0 Å². The molecule has 1 aromatic carbocycles. The maximum atomic E-state index is 13.0. The minimum atomic E-state index is -0.368. The van der Waals surface area contributed by atoms with Gasteiger partial charge in [-0.25, -0.2) is 0 Å². The van der Waals surface area contributed by atoms with Crippen LogP contribution in [0.15, 0.2) is 47.3 Å². The van der Waals surface area contributed by atoms with Gasteiger partial charge in [0.15, 0.2) is 0 Å². The zero-order valence-electron chi connectivity index (χ0n) is 13.5. The van der Waals surface area contributed by atoms with Gasteiger partial charge >= 0.3 is 0 Å². The third kappa shape index (κ3) is 2.73. The van der Waals surface area contributed by atoms with Gasteiger partial charge in [-0.05, 0) is 30.5 Å². The average molecular weight is 296 g/mol. The summed E-state index contributed by atoms with van der Waals surface area (Å²) in [5.41, 5.74) is 9.15. The van der Waals surface area contributed by atoms with Gasteiger partial charge in [-0.3, -0.25) is 4.79 Å². The van der Waals surface area contributed by atoms with Crippen LogP contribution in [0.5, 0.6) is 0 Å². The standard InChI is InChI=1S/C19H24N2O/c1-19(2,3)16-12-11-15(18(22)21(16)14-9-10-14)17(20)13-7-5-4-6-8-13/h4-8,11-12,14,17H,9-10,20H2,1-3H3. The molecule has 3 nitrogen and oxygen atoms in total. The van der Waals surface area contributed by atoms with Crippen LogP contribution < -0.4 is 11.3 Å². The summed E-state index contributed by atoms with van der Waals surface area (Å²) in [5, 5.41) is 0. The summed E-state index contributed by atoms with van der Waals surface area (Å²) >= 11 is 0. The van der Waals surface area contributed by atoms with Crippen molar-refractivity contribution in [2.24, 2.45) is 5.73 Å². The summed E-state index contributed by atoms with van der Waals surface area (Å²) in [6, 6.07) is 13.8. The maximum Gasteiger partial charge on any atom is 0.256 e. The van der Waals surface area contributed by atoms with Gasteiger partial charge in [0.2, 0.25) is 0 Å². The zero-order valence-corrected chi connectivity index (χ0v) is 13.5. The minimum absolute atomic E-state index is 0.0445. The number of aromatic nitrogens is 1. The van der Waals surface area contributed by atoms with Gasteiger partial charge in [-0.1, -0.05) is 51.1 Å². The van der Waals surface area contributed by atoms with Gasteiger partial charge in [-0.15, -0.1) is 0 Å². The first kappa shape index (κ1) is 15.0. The predicted molar refractivity (Wildman–Crippen MR) is 90.1 cm³/mol. The van der Waals surface area contributed by atoms with E-state index >= 15 is 0 Å². The molecule has 1 aromatic heterocycles. The summed E-state index contributed by atoms with van der Waals surface area (Å²) in [6.45, 7) is 6.45. The fourth-order valence-corrected chi connectivity index (χ4v) is 2.95. The molecule has 0 aliphatic heterocycles. The number of benzene rings is 1. The van der Waals surface area contributed by atoms with Crippen LogP contribution in [0.3, 0.4) is 0 Å². The van der Waals surface area contributed by atoms with Crippen LogP contribution in [0.25, 0.3) is 0 Å². The number of hydrogen-bond donors (Lipinski definition) is 1. The second kappa shape index (κ2) is 5.40. The van der Waals surface area contributed by atoms with Crippen molar-refractivity contribution in [2.45, 2.75) is 51.1 Å². The van der Waals surface area contributed by atoms with Crippen molar-refractivity contribution in [1.82, 2.24) is 4.57 Å². The molecule has 0 saturated heterocycles. The highest BCUT2D eigenvalue weighted by Crippen LogP contribution is 2.37. The molecule has 1 unspecified atom stereocenters. The van der Waals surface area contributed by atoms with Crippen molar-refractivity contribution in [3.05, 3.63) is 69.6 Å². The molecule has 1 heterocycles. The lowest BCUT2D eigenvalue weighted by molar-refractivity contribution is 0.502. The Bertz CT molecular complexity index is 721. The zero-order chi connectivity index (χ0) is 15.9. The van der Waals surface area contributed by atoms with Crippen molar-refractivity contribution in [3.63, 3.8) is 0 Å². The molecule has 1 saturated carbocycles. The Kier molecular flexibility index (Phi) is 3.69. The number of nitrogens with two attached hydrogens (primary N) is 1. The van der Waals surface area contributed by atoms with Crippen molar-refractivity contribution in [1.29, 1.82) is 0 Å². The fourth-order valence-electron chi connectivity index (χ4n) is 2.95. The van der Waals surface area contributed by atoms with E-state index in [1.165, 1.54) is 0 Å². The third-order valence-electron chi connectivity index (χ3n) is 4.32. The van der Waals surface area contributed by atoms with Crippen LogP contribution in [0.1, 0.15) is 62.5 Å². The molecule has 3 rings (SSSR count). The molecule has 0 bridgehead atoms. The van der Waals surface area contributed by atoms with Gasteiger partial charge in [0.1, 0.15) is 0 Å². The van der Waals surface area contributed by atoms with E-state index in [0.29, 0.717) is 11.6 Å². The molecule has 22 heavy (non-hydrogen) atoms. The van der Waals surface area contributed by atoms with Gasteiger partial charge in [-0.2, -0.15) is 0 Å². The molecule has 1 atom stereocenters. The lowest BCUT2D eigenvalue weighted by atomic mass is 9.89. The van der Waals surface area contributed by atoms with Gasteiger partial charge < -0.3 is 10.3 Å². The van der Waals surface area contributed by atoms with Crippen LogP contribution in [-0.2, 0) is 5.41 Å². The SMILES string of the molecule is CC(C)(C)c1ccc(C(N)c2ccccc2)c(=O)n1C1CC1. The van der Waals surface area contributed by atoms with E-state index in [1.807, 2.05) is 41.0 Å². The molecule has 0 radical (unpaired) electrons. The van der Waals surface area contributed by atoms with Crippen LogP contribution in [0.2, 0.25) is 0 Å². The highest BCUT2D eigenvalue weighted by molar-refractivity contribution is 5.32. The smallest absolute Gasteiger partial charge is 0.256 e. The fraction of sp³-hybridized carbons (Fsp3) is 0.421. The molecule has 0 spiro atoms. The molecule has 2 aromatic rings. The van der Waals surface area contributed by atoms with E-state index in [0.717, 1.165) is 24.1 Å². The lowest BCUT2D eigenvalue weighted by Gasteiger charge is -2.26. The van der Waals surface area contributed by atoms with Crippen LogP contribution >= 0.6 is 0 Å². The topological polar surface area (TPSA) is 48.0 Å². The first-order valence-electron chi connectivity index (χ1n) is 7.96. The number of nitrogens with zero attached hydrogens (tertiary/aromatic N) is 1. The second-order valence-corrected chi connectivity index (χ2v) is 7.22. The summed E-state index contributed by atoms with van der Waals surface area (Å²) in [6.07, 6.45) is 2.18. The molecule has 2 N–H and O–H groups in total. The van der Waals surface area contributed by atoms with Gasteiger partial charge in [0, 0.05) is 22.7 Å². The van der Waals surface area contributed by atoms with E-state index in [9.17, 15) is 4.79 Å². The van der Waals surface area contributed by atoms with E-state index in [-0.39, 0.29) is 17.0 Å². The molecular weight excluding hydrogens is 272 g/mol. The van der Waals surface area contributed by atoms with Crippen LogP contribution in [0.4, 0.5) is 0 Å². The number of hydrogen-bond acceptors (Lipinski definition) is 2. The van der Waals surface area contributed by atoms with Crippen LogP contribution in [0, 0.1) is 0 Å². The van der Waals surface area contributed by atoms with Gasteiger partial charge in [0.05, 0.1) is 6.04 Å². The largest absolute Gasteiger partial charge is 0.320 e. The normalized spacial score (nSPS) is 16.5. The highest BCUT2D eigenvalue weighted by atomic mass is 16.1. The van der Waals surface area contributed by atoms with Gasteiger partial charge in [0.25, 0.3) is 5.56 Å². The van der Waals surface area contributed by atoms with Crippen molar-refractivity contribution < 1.29 is 0 Å². The first-order valence-corrected chi connectivity index (χ1v) is 7.96. The minimum Gasteiger partial charge on any atom is -0.320 e. The monoisotopic (exact) mass is 296 g/mol. The molecule has 1 fully saturated rings. The molecule has 1 aliphatic rings. The lowest BCUT2D eigenvalue weighted by Crippen LogP contribution is -2.33. The quantitative estimate of drug-likeness (QED) is 0.942. The van der Waals surface area contributed by atoms with E-state index in [4.69, 9.17) is 5.73 Å². The predicted octanol–water partition coefficient (Wildman–Crippen LogP) is 3.53. The Labute approximate surface area is 131 Å². The second-order valence-electron chi connectivity index (χ2n) is 7.22. The van der Waals surface area contributed by atoms with Crippen LogP contribution in [-0.4, -0.2) is 4.57 Å². The van der Waals surface area contributed by atoms with Crippen molar-refractivity contribution in [2.75, 3.05) is 0 Å². The summed E-state index contributed by atoms with van der Waals surface area (Å²) in [5.74, 6) is 0. The molecule has 3 heteroatoms. The Hall–Kier alpha value is -1.87. The third-order valence-corrected chi connectivity index (χ3v) is 4.32. The highest BCUT2D eigenvalue weighted by Gasteiger charge is 2.31. The van der Waals surface area contributed by atoms with E-state index in [2.05, 4.69) is 26.8 Å². The average Bonchev–Trinajstić information content (AvgIpc) is 3.30. The number of pyridine rings is 1. The summed E-state index contributed by atoms with van der Waals surface area (Å²) < 4.78 is 1.98.